The second-order valence-electron chi connectivity index (χ2n) is 10.7. The number of anilines is 2. The van der Waals surface area contributed by atoms with Crippen LogP contribution in [0.15, 0.2) is 77.6 Å². The lowest BCUT2D eigenvalue weighted by Crippen LogP contribution is -2.40. The zero-order chi connectivity index (χ0) is 28.1. The Hall–Kier alpha value is -4.01. The van der Waals surface area contributed by atoms with Gasteiger partial charge in [-0.1, -0.05) is 54.2 Å². The lowest BCUT2D eigenvalue weighted by atomic mass is 9.96. The minimum atomic E-state index is -0.895. The van der Waals surface area contributed by atoms with Crippen LogP contribution in [0.25, 0.3) is 22.4 Å². The summed E-state index contributed by atoms with van der Waals surface area (Å²) < 4.78 is 6.12. The van der Waals surface area contributed by atoms with Crippen molar-refractivity contribution in [2.75, 3.05) is 4.90 Å². The van der Waals surface area contributed by atoms with Crippen molar-refractivity contribution in [3.63, 3.8) is 0 Å². The normalized spacial score (nSPS) is 18.8. The first-order valence-corrected chi connectivity index (χ1v) is 15.7. The van der Waals surface area contributed by atoms with E-state index in [0.29, 0.717) is 23.0 Å². The molecule has 41 heavy (non-hydrogen) atoms. The largest absolute Gasteiger partial charge is 0.477 e. The molecule has 2 unspecified atom stereocenters. The number of aliphatic carboxylic acids is 1. The number of aromatic nitrogens is 2. The lowest BCUT2D eigenvalue weighted by Gasteiger charge is -2.27. The van der Waals surface area contributed by atoms with E-state index in [1.807, 2.05) is 47.9 Å². The first-order valence-electron chi connectivity index (χ1n) is 14.1. The fraction of sp³-hybridized carbons (Fsp3) is 0.242. The van der Waals surface area contributed by atoms with Gasteiger partial charge in [-0.3, -0.25) is 9.36 Å². The summed E-state index contributed by atoms with van der Waals surface area (Å²) in [5.41, 5.74) is 5.81. The van der Waals surface area contributed by atoms with Gasteiger partial charge in [-0.15, -0.1) is 11.3 Å². The first-order chi connectivity index (χ1) is 20.0. The van der Waals surface area contributed by atoms with Crippen LogP contribution >= 0.6 is 22.7 Å². The van der Waals surface area contributed by atoms with Gasteiger partial charge >= 0.3 is 5.97 Å². The number of hydrogen-bond acceptors (Lipinski definition) is 5. The molecule has 1 aliphatic heterocycles. The Kier molecular flexibility index (Phi) is 6.60. The van der Waals surface area contributed by atoms with Gasteiger partial charge in [0.15, 0.2) is 0 Å². The van der Waals surface area contributed by atoms with Gasteiger partial charge in [0.05, 0.1) is 10.6 Å². The minimum absolute atomic E-state index is 0.0141. The van der Waals surface area contributed by atoms with Gasteiger partial charge in [0.1, 0.15) is 9.36 Å². The number of para-hydroxylation sites is 2. The van der Waals surface area contributed by atoms with Crippen LogP contribution in [-0.4, -0.2) is 21.7 Å². The molecule has 3 aromatic carbocycles. The molecule has 0 amide bonds. The Bertz CT molecular complexity index is 1970. The van der Waals surface area contributed by atoms with E-state index in [1.54, 1.807) is 15.9 Å². The highest BCUT2D eigenvalue weighted by Gasteiger charge is 2.42. The molecule has 3 heterocycles. The Balaban J connectivity index is 1.33. The third-order valence-corrected chi connectivity index (χ3v) is 10.5. The zero-order valence-corrected chi connectivity index (χ0v) is 24.3. The SMILES string of the molecule is CCn1c(=O)/c(=C\c2ccc3c(c2)C2CCCC2N3c2ccccc2)s/c1=C\c1sc2ccccc2[n+]1CC(=O)O. The van der Waals surface area contributed by atoms with E-state index < -0.39 is 5.97 Å². The maximum atomic E-state index is 13.5. The van der Waals surface area contributed by atoms with Gasteiger partial charge in [-0.2, -0.15) is 4.57 Å². The summed E-state index contributed by atoms with van der Waals surface area (Å²) in [5, 5.41) is 10.4. The molecule has 1 N–H and O–H groups in total. The molecule has 2 atom stereocenters. The topological polar surface area (TPSA) is 66.4 Å². The van der Waals surface area contributed by atoms with Crippen LogP contribution in [0.5, 0.6) is 0 Å². The molecule has 6 nitrogen and oxygen atoms in total. The van der Waals surface area contributed by atoms with Gasteiger partial charge in [-0.05, 0) is 67.3 Å². The highest BCUT2D eigenvalue weighted by Crippen LogP contribution is 2.52. The van der Waals surface area contributed by atoms with Crippen LogP contribution in [0.3, 0.4) is 0 Å². The summed E-state index contributed by atoms with van der Waals surface area (Å²) in [4.78, 5) is 27.7. The standard InChI is InChI=1S/C33H29N3O3S2/c1-2-34-30(19-31-35(20-32(37)38)27-12-6-7-14-28(27)40-31)41-29(33(34)39)18-21-15-16-26-24(17-21)23-11-8-13-25(23)36(26)22-9-4-3-5-10-22/h3-7,9-10,12,14-19,23,25H,2,8,11,13,20H2,1H3/p+1/b29-18+. The number of rotatable bonds is 6. The molecule has 1 fully saturated rings. The maximum Gasteiger partial charge on any atom is 0.370 e. The van der Waals surface area contributed by atoms with Crippen LogP contribution in [0, 0.1) is 0 Å². The summed E-state index contributed by atoms with van der Waals surface area (Å²) >= 11 is 3.00. The molecule has 1 saturated carbocycles. The van der Waals surface area contributed by atoms with Crippen LogP contribution in [0.1, 0.15) is 48.2 Å². The molecule has 0 saturated heterocycles. The van der Waals surface area contributed by atoms with Gasteiger partial charge in [0.2, 0.25) is 12.1 Å². The number of fused-ring (bicyclic) bond motifs is 4. The van der Waals surface area contributed by atoms with E-state index in [4.69, 9.17) is 0 Å². The molecule has 5 aromatic rings. The van der Waals surface area contributed by atoms with Gasteiger partial charge < -0.3 is 10.0 Å². The van der Waals surface area contributed by atoms with Crippen LogP contribution in [0.4, 0.5) is 11.4 Å². The molecule has 206 valence electrons. The highest BCUT2D eigenvalue weighted by molar-refractivity contribution is 7.19. The van der Waals surface area contributed by atoms with Crippen molar-refractivity contribution in [3.8, 4) is 0 Å². The minimum Gasteiger partial charge on any atom is -0.477 e. The molecular formula is C33H30N3O3S2+. The summed E-state index contributed by atoms with van der Waals surface area (Å²) in [5.74, 6) is -0.385. The molecule has 1 aliphatic carbocycles. The van der Waals surface area contributed by atoms with E-state index in [1.165, 1.54) is 47.5 Å². The van der Waals surface area contributed by atoms with E-state index in [2.05, 4.69) is 53.4 Å². The molecule has 2 aliphatic rings. The van der Waals surface area contributed by atoms with Crippen molar-refractivity contribution in [2.45, 2.75) is 51.2 Å². The van der Waals surface area contributed by atoms with E-state index in [0.717, 1.165) is 25.5 Å². The predicted molar refractivity (Wildman–Crippen MR) is 166 cm³/mol. The van der Waals surface area contributed by atoms with Crippen molar-refractivity contribution in [2.24, 2.45) is 0 Å². The molecule has 0 spiro atoms. The molecule has 8 heteroatoms. The Labute approximate surface area is 245 Å². The number of benzene rings is 3. The predicted octanol–water partition coefficient (Wildman–Crippen LogP) is 4.96. The Morgan fingerprint density at radius 2 is 1.83 bits per heavy atom. The lowest BCUT2D eigenvalue weighted by molar-refractivity contribution is -0.657. The average molecular weight is 581 g/mol. The van der Waals surface area contributed by atoms with Crippen molar-refractivity contribution < 1.29 is 14.5 Å². The maximum absolute atomic E-state index is 13.5. The van der Waals surface area contributed by atoms with Crippen LogP contribution in [0.2, 0.25) is 0 Å². The summed E-state index contributed by atoms with van der Waals surface area (Å²) in [6.07, 6.45) is 7.60. The molecule has 0 radical (unpaired) electrons. The Morgan fingerprint density at radius 3 is 2.63 bits per heavy atom. The number of carboxylic acids is 1. The van der Waals surface area contributed by atoms with Crippen molar-refractivity contribution in [3.05, 3.63) is 108 Å². The molecular weight excluding hydrogens is 551 g/mol. The summed E-state index contributed by atoms with van der Waals surface area (Å²) in [6, 6.07) is 25.6. The van der Waals surface area contributed by atoms with Gasteiger partial charge in [0.25, 0.3) is 10.6 Å². The number of thiazole rings is 2. The zero-order valence-electron chi connectivity index (χ0n) is 22.7. The second-order valence-corrected chi connectivity index (χ2v) is 12.8. The van der Waals surface area contributed by atoms with Crippen LogP contribution in [-0.2, 0) is 17.9 Å². The van der Waals surface area contributed by atoms with Gasteiger partial charge in [-0.25, -0.2) is 4.79 Å². The molecule has 0 bridgehead atoms. The first kappa shape index (κ1) is 25.9. The van der Waals surface area contributed by atoms with Crippen molar-refractivity contribution in [1.82, 2.24) is 4.57 Å². The third kappa shape index (κ3) is 4.51. The van der Waals surface area contributed by atoms with E-state index in [9.17, 15) is 14.7 Å². The summed E-state index contributed by atoms with van der Waals surface area (Å²) in [6.45, 7) is 2.38. The van der Waals surface area contributed by atoms with Crippen molar-refractivity contribution in [1.29, 1.82) is 0 Å². The van der Waals surface area contributed by atoms with E-state index >= 15 is 0 Å². The monoisotopic (exact) mass is 580 g/mol. The summed E-state index contributed by atoms with van der Waals surface area (Å²) in [7, 11) is 0. The highest BCUT2D eigenvalue weighted by atomic mass is 32.1. The quantitative estimate of drug-likeness (QED) is 0.289. The fourth-order valence-electron chi connectivity index (χ4n) is 6.55. The van der Waals surface area contributed by atoms with Gasteiger partial charge in [0, 0.05) is 35.9 Å². The Morgan fingerprint density at radius 1 is 1.02 bits per heavy atom. The van der Waals surface area contributed by atoms with Crippen molar-refractivity contribution >= 4 is 62.4 Å². The number of hydrogen-bond donors (Lipinski definition) is 1. The molecule has 7 rings (SSSR count). The van der Waals surface area contributed by atoms with E-state index in [-0.39, 0.29) is 12.1 Å². The smallest absolute Gasteiger partial charge is 0.370 e. The number of carbonyl (C=O) groups is 1. The average Bonchev–Trinajstić information content (AvgIpc) is 3.72. The third-order valence-electron chi connectivity index (χ3n) is 8.28. The fourth-order valence-corrected chi connectivity index (χ4v) is 8.83. The number of nitrogens with zero attached hydrogens (tertiary/aromatic N) is 3. The second kappa shape index (κ2) is 10.4. The number of carboxylic acid groups (broad SMARTS) is 1. The van der Waals surface area contributed by atoms with Crippen LogP contribution < -0.4 is 24.2 Å². The molecule has 2 aromatic heterocycles.